The van der Waals surface area contributed by atoms with Crippen LogP contribution >= 0.6 is 0 Å². The molecule has 0 radical (unpaired) electrons. The van der Waals surface area contributed by atoms with Crippen LogP contribution in [-0.4, -0.2) is 40.4 Å². The van der Waals surface area contributed by atoms with Crippen molar-refractivity contribution in [3.63, 3.8) is 0 Å². The first-order valence-electron chi connectivity index (χ1n) is 9.50. The van der Waals surface area contributed by atoms with Crippen LogP contribution in [0.25, 0.3) is 0 Å². The summed E-state index contributed by atoms with van der Waals surface area (Å²) in [5, 5.41) is 0. The van der Waals surface area contributed by atoms with Gasteiger partial charge in [-0.1, -0.05) is 37.3 Å². The molecule has 0 aliphatic carbocycles. The number of amides is 1. The Morgan fingerprint density at radius 3 is 2.73 bits per heavy atom. The maximum atomic E-state index is 13.1. The van der Waals surface area contributed by atoms with Crippen LogP contribution in [0, 0.1) is 6.92 Å². The van der Waals surface area contributed by atoms with Crippen LogP contribution in [0.15, 0.2) is 36.4 Å². The lowest BCUT2D eigenvalue weighted by Crippen LogP contribution is -2.43. The van der Waals surface area contributed by atoms with Crippen LogP contribution < -0.4 is 4.90 Å². The molecule has 2 heterocycles. The third-order valence-corrected chi connectivity index (χ3v) is 5.06. The van der Waals surface area contributed by atoms with Crippen molar-refractivity contribution in [1.29, 1.82) is 0 Å². The lowest BCUT2D eigenvalue weighted by molar-refractivity contribution is 0.0601. The van der Waals surface area contributed by atoms with Gasteiger partial charge in [0.2, 0.25) is 0 Å². The fourth-order valence-corrected chi connectivity index (χ4v) is 3.63. The van der Waals surface area contributed by atoms with Crippen molar-refractivity contribution in [2.75, 3.05) is 18.5 Å². The number of benzene rings is 1. The van der Waals surface area contributed by atoms with Crippen LogP contribution in [-0.2, 0) is 6.54 Å². The van der Waals surface area contributed by atoms with E-state index in [-0.39, 0.29) is 5.91 Å². The number of nitrogens with zero attached hydrogens (tertiary/aromatic N) is 4. The molecule has 0 bridgehead atoms. The molecule has 5 nitrogen and oxygen atoms in total. The van der Waals surface area contributed by atoms with Gasteiger partial charge < -0.3 is 9.80 Å². The third-order valence-electron chi connectivity index (χ3n) is 5.06. The molecule has 1 atom stereocenters. The van der Waals surface area contributed by atoms with Gasteiger partial charge in [-0.25, -0.2) is 9.97 Å². The minimum absolute atomic E-state index is 0.0383. The second kappa shape index (κ2) is 8.30. The summed E-state index contributed by atoms with van der Waals surface area (Å²) in [6, 6.07) is 12.4. The smallest absolute Gasteiger partial charge is 0.272 e. The molecule has 0 N–H and O–H groups in total. The molecule has 1 aliphatic heterocycles. The van der Waals surface area contributed by atoms with Crippen molar-refractivity contribution in [3.8, 4) is 0 Å². The Morgan fingerprint density at radius 1 is 1.23 bits per heavy atom. The Morgan fingerprint density at radius 2 is 2.00 bits per heavy atom. The molecule has 0 saturated carbocycles. The van der Waals surface area contributed by atoms with Gasteiger partial charge >= 0.3 is 0 Å². The number of aromatic nitrogens is 2. The van der Waals surface area contributed by atoms with Gasteiger partial charge in [-0.3, -0.25) is 4.79 Å². The van der Waals surface area contributed by atoms with Crippen molar-refractivity contribution in [3.05, 3.63) is 53.5 Å². The number of likely N-dealkylation sites (tertiary alicyclic amines) is 1. The fraction of sp³-hybridized carbons (Fsp3) is 0.476. The number of aryl methyl sites for hydroxylation is 1. The summed E-state index contributed by atoms with van der Waals surface area (Å²) in [5.41, 5.74) is 1.72. The molecule has 138 valence electrons. The van der Waals surface area contributed by atoms with Crippen molar-refractivity contribution in [2.24, 2.45) is 0 Å². The molecule has 2 aromatic rings. The number of rotatable bonds is 5. The van der Waals surface area contributed by atoms with E-state index >= 15 is 0 Å². The van der Waals surface area contributed by atoms with Gasteiger partial charge in [-0.15, -0.1) is 0 Å². The second-order valence-corrected chi connectivity index (χ2v) is 7.06. The van der Waals surface area contributed by atoms with Crippen LogP contribution in [0.3, 0.4) is 0 Å². The fourth-order valence-electron chi connectivity index (χ4n) is 3.63. The summed E-state index contributed by atoms with van der Waals surface area (Å²) in [6.07, 6.45) is 4.37. The van der Waals surface area contributed by atoms with E-state index in [4.69, 9.17) is 0 Å². The van der Waals surface area contributed by atoms with E-state index in [1.54, 1.807) is 0 Å². The van der Waals surface area contributed by atoms with Crippen molar-refractivity contribution in [2.45, 2.75) is 52.1 Å². The molecular formula is C21H28N4O. The third kappa shape index (κ3) is 4.21. The molecule has 1 amide bonds. The average molecular weight is 352 g/mol. The van der Waals surface area contributed by atoms with E-state index in [1.165, 1.54) is 12.0 Å². The van der Waals surface area contributed by atoms with E-state index < -0.39 is 0 Å². The minimum Gasteiger partial charge on any atom is -0.355 e. The number of anilines is 1. The first-order valence-corrected chi connectivity index (χ1v) is 9.50. The lowest BCUT2D eigenvalue weighted by Gasteiger charge is -2.35. The highest BCUT2D eigenvalue weighted by Crippen LogP contribution is 2.23. The zero-order valence-electron chi connectivity index (χ0n) is 16.0. The normalized spacial score (nSPS) is 17.2. The highest BCUT2D eigenvalue weighted by atomic mass is 16.2. The molecule has 0 spiro atoms. The number of carbonyl (C=O) groups excluding carboxylic acids is 1. The number of carbonyl (C=O) groups is 1. The average Bonchev–Trinajstić information content (AvgIpc) is 2.67. The van der Waals surface area contributed by atoms with Crippen molar-refractivity contribution < 1.29 is 4.79 Å². The largest absolute Gasteiger partial charge is 0.355 e. The molecule has 1 unspecified atom stereocenters. The molecule has 1 aromatic carbocycles. The molecule has 1 saturated heterocycles. The molecule has 3 rings (SSSR count). The van der Waals surface area contributed by atoms with Gasteiger partial charge in [0.1, 0.15) is 17.3 Å². The molecule has 1 aromatic heterocycles. The molecule has 26 heavy (non-hydrogen) atoms. The number of hydrogen-bond donors (Lipinski definition) is 0. The lowest BCUT2D eigenvalue weighted by atomic mass is 9.99. The van der Waals surface area contributed by atoms with Gasteiger partial charge in [0.05, 0.1) is 0 Å². The van der Waals surface area contributed by atoms with E-state index in [0.29, 0.717) is 17.6 Å². The van der Waals surface area contributed by atoms with Crippen LogP contribution in [0.2, 0.25) is 0 Å². The summed E-state index contributed by atoms with van der Waals surface area (Å²) >= 11 is 0. The standard InChI is InChI=1S/C21H28N4O/c1-4-18-12-8-9-13-25(18)21(26)19-14-20(23-16(2)22-19)24(3)15-17-10-6-5-7-11-17/h5-7,10-11,14,18H,4,8-9,12-13,15H2,1-3H3. The van der Waals surface area contributed by atoms with E-state index in [2.05, 4.69) is 33.9 Å². The SMILES string of the molecule is CCC1CCCCN1C(=O)c1cc(N(C)Cc2ccccc2)nc(C)n1. The first kappa shape index (κ1) is 18.4. The second-order valence-electron chi connectivity index (χ2n) is 7.06. The zero-order chi connectivity index (χ0) is 18.5. The Balaban J connectivity index is 1.81. The van der Waals surface area contributed by atoms with E-state index in [9.17, 15) is 4.79 Å². The van der Waals surface area contributed by atoms with E-state index in [1.807, 2.05) is 43.1 Å². The van der Waals surface area contributed by atoms with Gasteiger partial charge in [-0.05, 0) is 38.2 Å². The predicted octanol–water partition coefficient (Wildman–Crippen LogP) is 3.83. The van der Waals surface area contributed by atoms with Crippen molar-refractivity contribution >= 4 is 11.7 Å². The maximum absolute atomic E-state index is 13.1. The first-order chi connectivity index (χ1) is 12.6. The van der Waals surface area contributed by atoms with Crippen LogP contribution in [0.4, 0.5) is 5.82 Å². The maximum Gasteiger partial charge on any atom is 0.272 e. The Hall–Kier alpha value is -2.43. The summed E-state index contributed by atoms with van der Waals surface area (Å²) < 4.78 is 0. The molecule has 5 heteroatoms. The number of piperidine rings is 1. The van der Waals surface area contributed by atoms with Crippen molar-refractivity contribution in [1.82, 2.24) is 14.9 Å². The summed E-state index contributed by atoms with van der Waals surface area (Å²) in [7, 11) is 2.00. The molecular weight excluding hydrogens is 324 g/mol. The summed E-state index contributed by atoms with van der Waals surface area (Å²) in [4.78, 5) is 26.1. The van der Waals surface area contributed by atoms with Gasteiger partial charge in [-0.2, -0.15) is 0 Å². The zero-order valence-corrected chi connectivity index (χ0v) is 16.0. The quantitative estimate of drug-likeness (QED) is 0.821. The minimum atomic E-state index is 0.0383. The Bertz CT molecular complexity index is 747. The highest BCUT2D eigenvalue weighted by molar-refractivity contribution is 5.93. The van der Waals surface area contributed by atoms with Gasteiger partial charge in [0.25, 0.3) is 5.91 Å². The molecule has 1 aliphatic rings. The van der Waals surface area contributed by atoms with Crippen LogP contribution in [0.5, 0.6) is 0 Å². The van der Waals surface area contributed by atoms with Crippen LogP contribution in [0.1, 0.15) is 54.5 Å². The number of hydrogen-bond acceptors (Lipinski definition) is 4. The molecule has 1 fully saturated rings. The topological polar surface area (TPSA) is 49.3 Å². The highest BCUT2D eigenvalue weighted by Gasteiger charge is 2.27. The monoisotopic (exact) mass is 352 g/mol. The predicted molar refractivity (Wildman–Crippen MR) is 104 cm³/mol. The van der Waals surface area contributed by atoms with Gasteiger partial charge in [0.15, 0.2) is 0 Å². The van der Waals surface area contributed by atoms with E-state index in [0.717, 1.165) is 38.2 Å². The summed E-state index contributed by atoms with van der Waals surface area (Å²) in [6.45, 7) is 5.58. The Kier molecular flexibility index (Phi) is 5.86. The Labute approximate surface area is 156 Å². The summed E-state index contributed by atoms with van der Waals surface area (Å²) in [5.74, 6) is 1.46. The van der Waals surface area contributed by atoms with Gasteiger partial charge in [0, 0.05) is 32.2 Å².